The molecule has 2 heterocycles. The van der Waals surface area contributed by atoms with Crippen molar-refractivity contribution in [1.29, 1.82) is 0 Å². The lowest BCUT2D eigenvalue weighted by molar-refractivity contribution is 0.122. The van der Waals surface area contributed by atoms with Crippen LogP contribution in [0.4, 0.5) is 17.5 Å². The van der Waals surface area contributed by atoms with Gasteiger partial charge in [0.05, 0.1) is 31.2 Å². The van der Waals surface area contributed by atoms with Crippen LogP contribution in [0.1, 0.15) is 13.8 Å². The van der Waals surface area contributed by atoms with Crippen molar-refractivity contribution in [2.24, 2.45) is 0 Å². The molecule has 7 nitrogen and oxygen atoms in total. The van der Waals surface area contributed by atoms with Crippen molar-refractivity contribution < 1.29 is 9.47 Å². The molecular weight excluding hydrogens is 294 g/mol. The molecule has 0 unspecified atom stereocenters. The number of rotatable bonds is 5. The third kappa shape index (κ3) is 4.07. The summed E-state index contributed by atoms with van der Waals surface area (Å²) in [4.78, 5) is 6.61. The molecule has 2 aromatic rings. The third-order valence-corrected chi connectivity index (χ3v) is 3.35. The first-order chi connectivity index (χ1) is 11.2. The number of anilines is 3. The minimum absolute atomic E-state index is 0.102. The van der Waals surface area contributed by atoms with Gasteiger partial charge in [0.2, 0.25) is 5.95 Å². The van der Waals surface area contributed by atoms with Gasteiger partial charge in [0.1, 0.15) is 5.75 Å². The summed E-state index contributed by atoms with van der Waals surface area (Å²) >= 11 is 0. The molecule has 1 N–H and O–H groups in total. The number of aromatic nitrogens is 3. The number of para-hydroxylation sites is 2. The SMILES string of the molecule is CC(C)Oc1ccccc1Nc1cnnc(N2CCOCC2)n1. The Balaban J connectivity index is 1.78. The van der Waals surface area contributed by atoms with Gasteiger partial charge >= 0.3 is 0 Å². The van der Waals surface area contributed by atoms with Gasteiger partial charge in [-0.05, 0) is 26.0 Å². The summed E-state index contributed by atoms with van der Waals surface area (Å²) in [6.45, 7) is 6.92. The molecule has 0 saturated carbocycles. The Morgan fingerprint density at radius 3 is 2.78 bits per heavy atom. The number of nitrogens with one attached hydrogen (secondary N) is 1. The summed E-state index contributed by atoms with van der Waals surface area (Å²) in [6.07, 6.45) is 1.71. The van der Waals surface area contributed by atoms with Crippen molar-refractivity contribution in [2.45, 2.75) is 20.0 Å². The van der Waals surface area contributed by atoms with Gasteiger partial charge in [-0.2, -0.15) is 10.1 Å². The van der Waals surface area contributed by atoms with E-state index < -0.39 is 0 Å². The molecule has 1 aromatic carbocycles. The lowest BCUT2D eigenvalue weighted by Gasteiger charge is -2.26. The first-order valence-electron chi connectivity index (χ1n) is 7.77. The Morgan fingerprint density at radius 2 is 2.00 bits per heavy atom. The lowest BCUT2D eigenvalue weighted by Crippen LogP contribution is -2.37. The second-order valence-corrected chi connectivity index (χ2v) is 5.53. The van der Waals surface area contributed by atoms with E-state index in [0.29, 0.717) is 25.0 Å². The van der Waals surface area contributed by atoms with Crippen molar-refractivity contribution in [2.75, 3.05) is 36.5 Å². The topological polar surface area (TPSA) is 72.4 Å². The third-order valence-electron chi connectivity index (χ3n) is 3.35. The van der Waals surface area contributed by atoms with Crippen LogP contribution in [0.5, 0.6) is 5.75 Å². The summed E-state index contributed by atoms with van der Waals surface area (Å²) in [5.74, 6) is 2.04. The maximum absolute atomic E-state index is 5.81. The molecule has 1 aliphatic rings. The molecule has 122 valence electrons. The van der Waals surface area contributed by atoms with Gasteiger partial charge in [-0.25, -0.2) is 0 Å². The van der Waals surface area contributed by atoms with Crippen LogP contribution in [0.15, 0.2) is 30.5 Å². The smallest absolute Gasteiger partial charge is 0.247 e. The number of hydrogen-bond donors (Lipinski definition) is 1. The Bertz CT molecular complexity index is 644. The first kappa shape index (κ1) is 15.5. The first-order valence-corrected chi connectivity index (χ1v) is 7.77. The summed E-state index contributed by atoms with van der Waals surface area (Å²) in [5.41, 5.74) is 0.856. The fourth-order valence-electron chi connectivity index (χ4n) is 2.32. The monoisotopic (exact) mass is 315 g/mol. The highest BCUT2D eigenvalue weighted by Gasteiger charge is 2.15. The van der Waals surface area contributed by atoms with Gasteiger partial charge in [-0.1, -0.05) is 12.1 Å². The fraction of sp³-hybridized carbons (Fsp3) is 0.438. The highest BCUT2D eigenvalue weighted by molar-refractivity contribution is 5.64. The Labute approximate surface area is 135 Å². The van der Waals surface area contributed by atoms with E-state index in [2.05, 4.69) is 25.4 Å². The number of nitrogens with zero attached hydrogens (tertiary/aromatic N) is 4. The van der Waals surface area contributed by atoms with Gasteiger partial charge in [0.15, 0.2) is 5.82 Å². The maximum Gasteiger partial charge on any atom is 0.247 e. The van der Waals surface area contributed by atoms with Crippen LogP contribution in [-0.4, -0.2) is 47.6 Å². The zero-order valence-corrected chi connectivity index (χ0v) is 13.4. The fourth-order valence-corrected chi connectivity index (χ4v) is 2.32. The van der Waals surface area contributed by atoms with Crippen LogP contribution in [-0.2, 0) is 4.74 Å². The van der Waals surface area contributed by atoms with E-state index in [4.69, 9.17) is 9.47 Å². The predicted octanol–water partition coefficient (Wildman–Crippen LogP) is 2.24. The quantitative estimate of drug-likeness (QED) is 0.907. The van der Waals surface area contributed by atoms with Crippen molar-refractivity contribution in [3.8, 4) is 5.75 Å². The summed E-state index contributed by atoms with van der Waals surface area (Å²) in [6, 6.07) is 7.78. The van der Waals surface area contributed by atoms with Crippen LogP contribution in [0.2, 0.25) is 0 Å². The second-order valence-electron chi connectivity index (χ2n) is 5.53. The minimum Gasteiger partial charge on any atom is -0.489 e. The molecular formula is C16H21N5O2. The highest BCUT2D eigenvalue weighted by Crippen LogP contribution is 2.27. The van der Waals surface area contributed by atoms with Gasteiger partial charge in [0, 0.05) is 13.1 Å². The van der Waals surface area contributed by atoms with Gasteiger partial charge < -0.3 is 19.7 Å². The van der Waals surface area contributed by atoms with Gasteiger partial charge in [0.25, 0.3) is 0 Å². The predicted molar refractivity (Wildman–Crippen MR) is 88.3 cm³/mol. The average Bonchev–Trinajstić information content (AvgIpc) is 2.57. The molecule has 0 radical (unpaired) electrons. The zero-order chi connectivity index (χ0) is 16.1. The molecule has 0 amide bonds. The summed E-state index contributed by atoms with van der Waals surface area (Å²) in [7, 11) is 0. The van der Waals surface area contributed by atoms with Crippen molar-refractivity contribution in [3.05, 3.63) is 30.5 Å². The van der Waals surface area contributed by atoms with Crippen molar-refractivity contribution in [1.82, 2.24) is 15.2 Å². The molecule has 1 saturated heterocycles. The zero-order valence-electron chi connectivity index (χ0n) is 13.4. The summed E-state index contributed by atoms with van der Waals surface area (Å²) < 4.78 is 11.2. The van der Waals surface area contributed by atoms with E-state index in [1.165, 1.54) is 0 Å². The molecule has 0 bridgehead atoms. The molecule has 1 aliphatic heterocycles. The molecule has 7 heteroatoms. The highest BCUT2D eigenvalue weighted by atomic mass is 16.5. The molecule has 1 aromatic heterocycles. The van der Waals surface area contributed by atoms with E-state index in [9.17, 15) is 0 Å². The average molecular weight is 315 g/mol. The van der Waals surface area contributed by atoms with E-state index in [0.717, 1.165) is 24.5 Å². The Hall–Kier alpha value is -2.41. The normalized spacial score (nSPS) is 14.8. The van der Waals surface area contributed by atoms with Crippen molar-refractivity contribution >= 4 is 17.5 Å². The minimum atomic E-state index is 0.102. The van der Waals surface area contributed by atoms with E-state index in [-0.39, 0.29) is 6.10 Å². The number of benzene rings is 1. The van der Waals surface area contributed by atoms with Crippen LogP contribution in [0.25, 0.3) is 0 Å². The van der Waals surface area contributed by atoms with Crippen LogP contribution >= 0.6 is 0 Å². The summed E-state index contributed by atoms with van der Waals surface area (Å²) in [5, 5.41) is 11.4. The Morgan fingerprint density at radius 1 is 1.22 bits per heavy atom. The number of ether oxygens (including phenoxy) is 2. The second kappa shape index (κ2) is 7.23. The number of hydrogen-bond acceptors (Lipinski definition) is 7. The van der Waals surface area contributed by atoms with Gasteiger partial charge in [-0.3, -0.25) is 0 Å². The van der Waals surface area contributed by atoms with Crippen LogP contribution in [0.3, 0.4) is 0 Å². The lowest BCUT2D eigenvalue weighted by atomic mass is 10.3. The van der Waals surface area contributed by atoms with E-state index in [1.54, 1.807) is 6.20 Å². The van der Waals surface area contributed by atoms with E-state index >= 15 is 0 Å². The van der Waals surface area contributed by atoms with E-state index in [1.807, 2.05) is 38.1 Å². The molecule has 0 spiro atoms. The molecule has 1 fully saturated rings. The van der Waals surface area contributed by atoms with Crippen LogP contribution in [0, 0.1) is 0 Å². The van der Waals surface area contributed by atoms with Crippen molar-refractivity contribution in [3.63, 3.8) is 0 Å². The molecule has 0 aliphatic carbocycles. The molecule has 0 atom stereocenters. The van der Waals surface area contributed by atoms with Gasteiger partial charge in [-0.15, -0.1) is 5.10 Å². The van der Waals surface area contributed by atoms with Crippen LogP contribution < -0.4 is 15.0 Å². The Kier molecular flexibility index (Phi) is 4.87. The molecule has 23 heavy (non-hydrogen) atoms. The largest absolute Gasteiger partial charge is 0.489 e. The maximum atomic E-state index is 5.81. The number of morpholine rings is 1. The standard InChI is InChI=1S/C16H21N5O2/c1-12(2)23-14-6-4-3-5-13(14)18-15-11-17-20-16(19-15)21-7-9-22-10-8-21/h3-6,11-12H,7-10H2,1-2H3,(H,18,19,20). The molecule has 3 rings (SSSR count).